The van der Waals surface area contributed by atoms with Crippen LogP contribution in [0.15, 0.2) is 243 Å². The Morgan fingerprint density at radius 1 is 0.236 bits per heavy atom. The van der Waals surface area contributed by atoms with Gasteiger partial charge >= 0.3 is 0 Å². The fraction of sp³-hybridized carbons (Fsp3) is 0.321. The van der Waals surface area contributed by atoms with Crippen LogP contribution in [0, 0.1) is 0 Å². The largest absolute Gasteiger partial charge is 0.0713 e. The summed E-state index contributed by atoms with van der Waals surface area (Å²) in [6.07, 6.45) is 17.5. The molecule has 14 aromatic rings. The van der Waals surface area contributed by atoms with E-state index in [1.165, 1.54) is 247 Å². The minimum Gasteiger partial charge on any atom is -0.0654 e. The fourth-order valence-electron chi connectivity index (χ4n) is 18.9. The number of unbranched alkanes of at least 4 members (excludes halogenated alkanes) is 10. The van der Waals surface area contributed by atoms with Crippen molar-refractivity contribution in [1.82, 2.24) is 0 Å². The van der Waals surface area contributed by atoms with Crippen LogP contribution in [-0.4, -0.2) is 0 Å². The summed E-state index contributed by atoms with van der Waals surface area (Å²) in [6.45, 7) is 33.1. The molecule has 0 amide bonds. The fourth-order valence-corrected chi connectivity index (χ4v) is 18.9. The van der Waals surface area contributed by atoms with E-state index in [0.717, 1.165) is 12.8 Å². The third kappa shape index (κ3) is 12.6. The van der Waals surface area contributed by atoms with E-state index in [0.29, 0.717) is 0 Å². The molecule has 0 heteroatoms. The Balaban J connectivity index is 0.956. The molecule has 0 heterocycles. The van der Waals surface area contributed by atoms with Crippen LogP contribution in [0.2, 0.25) is 0 Å². The van der Waals surface area contributed by atoms with E-state index in [-0.39, 0.29) is 27.1 Å². The van der Waals surface area contributed by atoms with Gasteiger partial charge in [0.15, 0.2) is 0 Å². The average Bonchev–Trinajstić information content (AvgIpc) is 1.51. The van der Waals surface area contributed by atoms with Crippen LogP contribution < -0.4 is 0 Å². The molecule has 0 radical (unpaired) electrons. The van der Waals surface area contributed by atoms with E-state index < -0.39 is 5.41 Å². The quantitative estimate of drug-likeness (QED) is 0.0559. The van der Waals surface area contributed by atoms with E-state index in [1.807, 2.05) is 0 Å². The Bertz CT molecular complexity index is 5620. The Labute approximate surface area is 633 Å². The number of hydrogen-bond acceptors (Lipinski definition) is 0. The van der Waals surface area contributed by atoms with Crippen LogP contribution in [0.5, 0.6) is 0 Å². The van der Waals surface area contributed by atoms with E-state index in [4.69, 9.17) is 0 Å². The highest BCUT2D eigenvalue weighted by Crippen LogP contribution is 2.63. The molecule has 16 rings (SSSR count). The number of fused-ring (bicyclic) bond motifs is 12. The third-order valence-electron chi connectivity index (χ3n) is 25.1. The first-order chi connectivity index (χ1) is 50.9. The zero-order valence-corrected chi connectivity index (χ0v) is 66.0. The molecule has 0 spiro atoms. The molecule has 0 N–H and O–H groups in total. The van der Waals surface area contributed by atoms with E-state index in [1.54, 1.807) is 5.56 Å². The lowest BCUT2D eigenvalue weighted by atomic mass is 9.65. The van der Waals surface area contributed by atoms with E-state index >= 15 is 0 Å². The lowest BCUT2D eigenvalue weighted by Crippen LogP contribution is -2.30. The van der Waals surface area contributed by atoms with Crippen LogP contribution in [0.1, 0.15) is 242 Å². The van der Waals surface area contributed by atoms with Crippen molar-refractivity contribution in [2.24, 2.45) is 0 Å². The molecule has 534 valence electrons. The first kappa shape index (κ1) is 70.9. The minimum atomic E-state index is -0.585. The topological polar surface area (TPSA) is 0 Å². The van der Waals surface area contributed by atoms with Gasteiger partial charge in [-0.05, 0) is 277 Å². The van der Waals surface area contributed by atoms with Gasteiger partial charge in [-0.1, -0.05) is 350 Å². The van der Waals surface area contributed by atoms with E-state index in [2.05, 4.69) is 340 Å². The highest BCUT2D eigenvalue weighted by atomic mass is 14.5. The predicted octanol–water partition coefficient (Wildman–Crippen LogP) is 30.9. The number of benzene rings is 14. The summed E-state index contributed by atoms with van der Waals surface area (Å²) < 4.78 is 0. The van der Waals surface area contributed by atoms with Gasteiger partial charge in [-0.25, -0.2) is 0 Å². The summed E-state index contributed by atoms with van der Waals surface area (Å²) >= 11 is 0. The van der Waals surface area contributed by atoms with Crippen molar-refractivity contribution in [3.8, 4) is 55.6 Å². The smallest absolute Gasteiger partial charge is 0.0654 e. The van der Waals surface area contributed by atoms with Gasteiger partial charge in [-0.15, -0.1) is 0 Å². The molecular formula is C106H110. The van der Waals surface area contributed by atoms with Gasteiger partial charge in [-0.3, -0.25) is 0 Å². The van der Waals surface area contributed by atoms with Crippen molar-refractivity contribution in [2.75, 3.05) is 0 Å². The summed E-state index contributed by atoms with van der Waals surface area (Å²) in [5.41, 5.74) is 26.4. The molecule has 106 heavy (non-hydrogen) atoms. The van der Waals surface area contributed by atoms with Gasteiger partial charge in [0.2, 0.25) is 0 Å². The van der Waals surface area contributed by atoms with Crippen molar-refractivity contribution in [3.05, 3.63) is 298 Å². The highest BCUT2D eigenvalue weighted by molar-refractivity contribution is 6.23. The van der Waals surface area contributed by atoms with Crippen molar-refractivity contribution in [1.29, 1.82) is 0 Å². The number of rotatable bonds is 19. The van der Waals surface area contributed by atoms with Gasteiger partial charge in [-0.2, -0.15) is 0 Å². The number of hydrogen-bond donors (Lipinski definition) is 0. The maximum absolute atomic E-state index is 2.80. The summed E-state index contributed by atoms with van der Waals surface area (Å²) in [6, 6.07) is 97.6. The van der Waals surface area contributed by atoms with Gasteiger partial charge in [0.1, 0.15) is 0 Å². The Hall–Kier alpha value is -9.36. The molecule has 0 saturated heterocycles. The lowest BCUT2D eigenvalue weighted by molar-refractivity contribution is 0.398. The van der Waals surface area contributed by atoms with Crippen LogP contribution in [-0.2, 0) is 32.5 Å². The minimum absolute atomic E-state index is 0.00808. The Morgan fingerprint density at radius 2 is 0.585 bits per heavy atom. The zero-order chi connectivity index (χ0) is 73.7. The van der Waals surface area contributed by atoms with Crippen LogP contribution in [0.4, 0.5) is 0 Å². The van der Waals surface area contributed by atoms with E-state index in [9.17, 15) is 0 Å². The third-order valence-corrected chi connectivity index (χ3v) is 25.1. The molecule has 14 aromatic carbocycles. The maximum Gasteiger partial charge on any atom is 0.0713 e. The first-order valence-corrected chi connectivity index (χ1v) is 40.6. The average molecular weight is 1380 g/mol. The Morgan fingerprint density at radius 3 is 1.08 bits per heavy atom. The molecule has 2 aliphatic carbocycles. The molecule has 0 saturated carbocycles. The second kappa shape index (κ2) is 27.5. The standard InChI is InChI=1S/C106H110/c1-15-17-19-21-23-29-55-105(56-30-24-22-20-18-16-2)95-64-76(39-51-87(95)91-68-98-92(67-96(91)105)88-53-49-86(104(12,13)14)66-97(88)106(98,83-45-41-81(42-46-83)101(3,4)5)84-47-43-82(44-48-84)102(6,7)8)75-40-52-89-93(63-75)99(77-37-35-73-57-69-31-25-27-33-71(69)59-79(73)61-77)90-54-50-85(103(9,10)11)65-94(90)100(89)78-38-36-74-58-70-32-26-28-34-72(70)60-80(74)62-78/h25-28,31-54,57-68H,15-24,29-30,55-56H2,1-14H3. The molecule has 0 unspecified atom stereocenters. The maximum atomic E-state index is 2.80. The summed E-state index contributed by atoms with van der Waals surface area (Å²) in [7, 11) is 0. The summed E-state index contributed by atoms with van der Waals surface area (Å²) in [5, 5.41) is 15.2. The second-order valence-corrected chi connectivity index (χ2v) is 36.3. The van der Waals surface area contributed by atoms with Gasteiger partial charge in [0, 0.05) is 5.41 Å². The van der Waals surface area contributed by atoms with Crippen molar-refractivity contribution < 1.29 is 0 Å². The molecular weight excluding hydrogens is 1270 g/mol. The van der Waals surface area contributed by atoms with Gasteiger partial charge < -0.3 is 0 Å². The predicted molar refractivity (Wildman–Crippen MR) is 462 cm³/mol. The molecule has 0 atom stereocenters. The van der Waals surface area contributed by atoms with Gasteiger partial charge in [0.25, 0.3) is 0 Å². The molecule has 0 bridgehead atoms. The van der Waals surface area contributed by atoms with Crippen LogP contribution >= 0.6 is 0 Å². The first-order valence-electron chi connectivity index (χ1n) is 40.6. The molecule has 0 aliphatic heterocycles. The lowest BCUT2D eigenvalue weighted by Gasteiger charge is -2.36. The summed E-state index contributed by atoms with van der Waals surface area (Å²) in [5.74, 6) is 0. The normalized spacial score (nSPS) is 14.1. The molecule has 0 nitrogen and oxygen atoms in total. The Kier molecular flexibility index (Phi) is 18.4. The van der Waals surface area contributed by atoms with Crippen LogP contribution in [0.3, 0.4) is 0 Å². The molecule has 0 fully saturated rings. The van der Waals surface area contributed by atoms with Crippen molar-refractivity contribution >= 4 is 64.6 Å². The molecule has 0 aromatic heterocycles. The zero-order valence-electron chi connectivity index (χ0n) is 66.0. The molecule has 2 aliphatic rings. The van der Waals surface area contributed by atoms with Crippen LogP contribution in [0.25, 0.3) is 120 Å². The van der Waals surface area contributed by atoms with Crippen molar-refractivity contribution in [2.45, 2.75) is 219 Å². The highest BCUT2D eigenvalue weighted by Gasteiger charge is 2.51. The monoisotopic (exact) mass is 1380 g/mol. The van der Waals surface area contributed by atoms with Crippen molar-refractivity contribution in [3.63, 3.8) is 0 Å². The second-order valence-electron chi connectivity index (χ2n) is 36.3. The van der Waals surface area contributed by atoms with Gasteiger partial charge in [0.05, 0.1) is 5.41 Å². The SMILES string of the molecule is CCCCCCCCC1(CCCCCCCC)c2cc(-c3ccc4c(-c5ccc6cc7ccccc7cc6c5)c5cc(C(C)(C)C)ccc5c(-c5ccc6cc7ccccc7cc6c5)c4c3)ccc2-c2cc3c(cc21)-c1ccc(C(C)(C)C)cc1C3(c1ccc(C(C)(C)C)cc1)c1ccc(C(C)(C)C)cc1. The summed E-state index contributed by atoms with van der Waals surface area (Å²) in [4.78, 5) is 0.